The summed E-state index contributed by atoms with van der Waals surface area (Å²) in [5, 5.41) is 3.22. The van der Waals surface area contributed by atoms with Crippen LogP contribution in [0.5, 0.6) is 0 Å². The van der Waals surface area contributed by atoms with Crippen molar-refractivity contribution < 1.29 is 13.6 Å². The second-order valence-electron chi connectivity index (χ2n) is 7.82. The maximum absolute atomic E-state index is 14.0. The molecule has 1 N–H and O–H groups in total. The van der Waals surface area contributed by atoms with Gasteiger partial charge in [0, 0.05) is 19.3 Å². The Kier molecular flexibility index (Phi) is 5.08. The van der Waals surface area contributed by atoms with Crippen LogP contribution in [0, 0.1) is 18.7 Å². The van der Waals surface area contributed by atoms with E-state index in [-0.39, 0.29) is 18.0 Å². The van der Waals surface area contributed by atoms with Gasteiger partial charge in [0.1, 0.15) is 23.3 Å². The molecule has 0 bridgehead atoms. The molecule has 29 heavy (non-hydrogen) atoms. The van der Waals surface area contributed by atoms with Crippen molar-refractivity contribution in [3.63, 3.8) is 0 Å². The zero-order chi connectivity index (χ0) is 20.7. The molecule has 7 heteroatoms. The molecular weight excluding hydrogens is 374 g/mol. The normalized spacial score (nSPS) is 18.4. The Labute approximate surface area is 168 Å². The second-order valence-corrected chi connectivity index (χ2v) is 7.82. The van der Waals surface area contributed by atoms with E-state index in [0.717, 1.165) is 17.7 Å². The van der Waals surface area contributed by atoms with E-state index in [1.807, 2.05) is 31.1 Å². The van der Waals surface area contributed by atoms with Crippen molar-refractivity contribution in [3.05, 3.63) is 53.6 Å². The first kappa shape index (κ1) is 19.5. The first-order chi connectivity index (χ1) is 13.9. The monoisotopic (exact) mass is 398 g/mol. The lowest BCUT2D eigenvalue weighted by atomic mass is 10.0. The predicted octanol–water partition coefficient (Wildman–Crippen LogP) is 3.96. The minimum atomic E-state index is -1.09. The Morgan fingerprint density at radius 3 is 2.76 bits per heavy atom. The highest BCUT2D eigenvalue weighted by molar-refractivity contribution is 6.03. The average Bonchev–Trinajstić information content (AvgIpc) is 3.30. The van der Waals surface area contributed by atoms with Gasteiger partial charge in [-0.2, -0.15) is 0 Å². The zero-order valence-corrected chi connectivity index (χ0v) is 16.7. The number of aromatic nitrogens is 2. The van der Waals surface area contributed by atoms with E-state index in [4.69, 9.17) is 0 Å². The first-order valence-corrected chi connectivity index (χ1v) is 9.71. The number of hydrogen-bond donors (Lipinski definition) is 1. The number of imidazole rings is 1. The molecule has 1 aliphatic rings. The molecule has 1 saturated carbocycles. The minimum Gasteiger partial charge on any atom is -0.367 e. The smallest absolute Gasteiger partial charge is 0.189 e. The number of hydrogen-bond acceptors (Lipinski definition) is 4. The number of ketones is 1. The third-order valence-electron chi connectivity index (χ3n) is 5.33. The molecule has 0 aliphatic heterocycles. The van der Waals surface area contributed by atoms with Crippen LogP contribution in [0.4, 0.5) is 14.6 Å². The molecule has 3 aromatic rings. The predicted molar refractivity (Wildman–Crippen MR) is 110 cm³/mol. The van der Waals surface area contributed by atoms with Gasteiger partial charge in [0.25, 0.3) is 0 Å². The van der Waals surface area contributed by atoms with Gasteiger partial charge >= 0.3 is 0 Å². The van der Waals surface area contributed by atoms with E-state index < -0.39 is 12.1 Å². The number of nitrogens with zero attached hydrogens (tertiary/aromatic N) is 3. The highest BCUT2D eigenvalue weighted by Crippen LogP contribution is 2.38. The fraction of sp³-hybridized carbons (Fsp3) is 0.364. The molecule has 1 aromatic carbocycles. The molecule has 0 spiro atoms. The van der Waals surface area contributed by atoms with Crippen LogP contribution in [0.15, 0.2) is 36.5 Å². The van der Waals surface area contributed by atoms with Gasteiger partial charge < -0.3 is 10.2 Å². The number of alkyl halides is 1. The number of carbonyl (C=O) groups is 1. The van der Waals surface area contributed by atoms with Crippen molar-refractivity contribution in [3.8, 4) is 11.1 Å². The third-order valence-corrected chi connectivity index (χ3v) is 5.33. The number of Topliss-reactive ketones (excluding diaryl/α,β-unsaturated/α-hetero) is 1. The fourth-order valence-electron chi connectivity index (χ4n) is 3.49. The van der Waals surface area contributed by atoms with Crippen LogP contribution in [-0.4, -0.2) is 53.4 Å². The van der Waals surface area contributed by atoms with Crippen LogP contribution < -0.4 is 5.32 Å². The van der Waals surface area contributed by atoms with Crippen molar-refractivity contribution >= 4 is 17.2 Å². The number of benzene rings is 1. The van der Waals surface area contributed by atoms with Gasteiger partial charge in [-0.15, -0.1) is 0 Å². The average molecular weight is 398 g/mol. The molecule has 2 heterocycles. The van der Waals surface area contributed by atoms with E-state index >= 15 is 0 Å². The lowest BCUT2D eigenvalue weighted by molar-refractivity contribution is 0.0952. The minimum absolute atomic E-state index is 0.245. The van der Waals surface area contributed by atoms with Gasteiger partial charge in [0.05, 0.1) is 5.92 Å². The summed E-state index contributed by atoms with van der Waals surface area (Å²) in [7, 11) is 3.92. The van der Waals surface area contributed by atoms with E-state index in [0.29, 0.717) is 29.3 Å². The SMILES string of the molecule is Cc1c(F)cccc1-c1ccc2nc(NCCN(C)C)c(C(=O)[C@@H]3C[C@@H]3F)n2c1. The topological polar surface area (TPSA) is 49.6 Å². The maximum atomic E-state index is 14.0. The molecular formula is C22H24F2N4O. The summed E-state index contributed by atoms with van der Waals surface area (Å²) in [5.74, 6) is -0.674. The van der Waals surface area contributed by atoms with E-state index in [1.54, 1.807) is 29.7 Å². The summed E-state index contributed by atoms with van der Waals surface area (Å²) in [6, 6.07) is 8.58. The first-order valence-electron chi connectivity index (χ1n) is 9.71. The van der Waals surface area contributed by atoms with E-state index in [9.17, 15) is 13.6 Å². The number of fused-ring (bicyclic) bond motifs is 1. The van der Waals surface area contributed by atoms with Crippen molar-refractivity contribution in [2.75, 3.05) is 32.5 Å². The molecule has 0 saturated heterocycles. The molecule has 152 valence electrons. The zero-order valence-electron chi connectivity index (χ0n) is 16.7. The van der Waals surface area contributed by atoms with Crippen LogP contribution in [0.25, 0.3) is 16.8 Å². The van der Waals surface area contributed by atoms with Gasteiger partial charge in [-0.1, -0.05) is 12.1 Å². The fourth-order valence-corrected chi connectivity index (χ4v) is 3.49. The Balaban J connectivity index is 1.79. The molecule has 1 fully saturated rings. The van der Waals surface area contributed by atoms with E-state index in [2.05, 4.69) is 10.3 Å². The summed E-state index contributed by atoms with van der Waals surface area (Å²) < 4.78 is 29.4. The Hall–Kier alpha value is -2.80. The molecule has 2 aromatic heterocycles. The van der Waals surface area contributed by atoms with Crippen LogP contribution in [0.2, 0.25) is 0 Å². The summed E-state index contributed by atoms with van der Waals surface area (Å²) in [5.41, 5.74) is 3.01. The summed E-state index contributed by atoms with van der Waals surface area (Å²) in [6.07, 6.45) is 0.951. The van der Waals surface area contributed by atoms with Crippen LogP contribution >= 0.6 is 0 Å². The second kappa shape index (κ2) is 7.55. The summed E-state index contributed by atoms with van der Waals surface area (Å²) >= 11 is 0. The lowest BCUT2D eigenvalue weighted by Crippen LogP contribution is -2.22. The van der Waals surface area contributed by atoms with Crippen LogP contribution in [0.3, 0.4) is 0 Å². The Bertz CT molecular complexity index is 1080. The quantitative estimate of drug-likeness (QED) is 0.612. The van der Waals surface area contributed by atoms with Crippen LogP contribution in [0.1, 0.15) is 22.5 Å². The van der Waals surface area contributed by atoms with Gasteiger partial charge in [-0.3, -0.25) is 9.20 Å². The largest absolute Gasteiger partial charge is 0.367 e. The third kappa shape index (κ3) is 3.74. The summed E-state index contributed by atoms with van der Waals surface area (Å²) in [4.78, 5) is 19.5. The number of likely N-dealkylation sites (N-methyl/N-ethyl adjacent to an activating group) is 1. The van der Waals surface area contributed by atoms with Gasteiger partial charge in [-0.25, -0.2) is 13.8 Å². The molecule has 0 radical (unpaired) electrons. The maximum Gasteiger partial charge on any atom is 0.189 e. The number of rotatable bonds is 7. The standard InChI is InChI=1S/C22H24F2N4O/c1-13-15(5-4-6-17(13)23)14-7-8-19-26-22(25-9-10-27(2)3)20(28(19)12-14)21(29)16-11-18(16)24/h4-8,12,16,18,25H,9-11H2,1-3H3/t16-,18+/m1/s1. The lowest BCUT2D eigenvalue weighted by Gasteiger charge is -2.11. The summed E-state index contributed by atoms with van der Waals surface area (Å²) in [6.45, 7) is 3.10. The molecule has 2 atom stereocenters. The molecule has 5 nitrogen and oxygen atoms in total. The van der Waals surface area contributed by atoms with Crippen molar-refractivity contribution in [1.29, 1.82) is 0 Å². The van der Waals surface area contributed by atoms with Crippen molar-refractivity contribution in [1.82, 2.24) is 14.3 Å². The Morgan fingerprint density at radius 1 is 1.31 bits per heavy atom. The number of anilines is 1. The Morgan fingerprint density at radius 2 is 2.07 bits per heavy atom. The van der Waals surface area contributed by atoms with Gasteiger partial charge in [0.15, 0.2) is 11.6 Å². The highest BCUT2D eigenvalue weighted by Gasteiger charge is 2.45. The number of carbonyl (C=O) groups excluding carboxylic acids is 1. The molecule has 0 amide bonds. The highest BCUT2D eigenvalue weighted by atomic mass is 19.1. The van der Waals surface area contributed by atoms with Crippen LogP contribution in [-0.2, 0) is 0 Å². The number of pyridine rings is 1. The van der Waals surface area contributed by atoms with Gasteiger partial charge in [0.2, 0.25) is 0 Å². The molecule has 0 unspecified atom stereocenters. The van der Waals surface area contributed by atoms with Crippen molar-refractivity contribution in [2.24, 2.45) is 5.92 Å². The molecule has 4 rings (SSSR count). The number of nitrogens with one attached hydrogen (secondary N) is 1. The van der Waals surface area contributed by atoms with E-state index in [1.165, 1.54) is 6.07 Å². The van der Waals surface area contributed by atoms with Gasteiger partial charge in [-0.05, 0) is 62.3 Å². The molecule has 1 aliphatic carbocycles. The van der Waals surface area contributed by atoms with Crippen molar-refractivity contribution in [2.45, 2.75) is 19.5 Å². The number of halogens is 2.